The molecular weight excluding hydrogens is 214 g/mol. The summed E-state index contributed by atoms with van der Waals surface area (Å²) in [6, 6.07) is 0. The first kappa shape index (κ1) is 9.91. The molecule has 0 aromatic carbocycles. The Hall–Kier alpha value is -1.63. The summed E-state index contributed by atoms with van der Waals surface area (Å²) in [5.74, 6) is 0. The maximum absolute atomic E-state index is 11.2. The van der Waals surface area contributed by atoms with E-state index in [0.29, 0.717) is 11.3 Å². The Morgan fingerprint density at radius 2 is 2.27 bits per heavy atom. The molecule has 0 aliphatic rings. The molecule has 2 heterocycles. The molecule has 2 aromatic heterocycles. The number of aryl methyl sites for hydroxylation is 1. The molecule has 0 unspecified atom stereocenters. The SMILES string of the molecule is O=c1[nH][nH]c(=S)n1CCCn1ccnc1. The molecule has 0 fully saturated rings. The number of hydrogen-bond donors (Lipinski definition) is 2. The average Bonchev–Trinajstić information content (AvgIpc) is 2.82. The number of imidazole rings is 1. The Morgan fingerprint density at radius 1 is 1.40 bits per heavy atom. The van der Waals surface area contributed by atoms with Gasteiger partial charge >= 0.3 is 5.69 Å². The van der Waals surface area contributed by atoms with Crippen molar-refractivity contribution < 1.29 is 0 Å². The van der Waals surface area contributed by atoms with Crippen LogP contribution in [0.4, 0.5) is 0 Å². The van der Waals surface area contributed by atoms with Crippen molar-refractivity contribution in [2.24, 2.45) is 0 Å². The Morgan fingerprint density at radius 3 is 2.87 bits per heavy atom. The third kappa shape index (κ3) is 2.24. The number of hydrogen-bond acceptors (Lipinski definition) is 3. The van der Waals surface area contributed by atoms with E-state index in [1.54, 1.807) is 12.5 Å². The van der Waals surface area contributed by atoms with Gasteiger partial charge in [0.2, 0.25) is 0 Å². The van der Waals surface area contributed by atoms with Crippen LogP contribution >= 0.6 is 12.2 Å². The van der Waals surface area contributed by atoms with Crippen molar-refractivity contribution in [1.29, 1.82) is 0 Å². The van der Waals surface area contributed by atoms with Crippen LogP contribution in [-0.4, -0.2) is 24.3 Å². The predicted octanol–water partition coefficient (Wildman–Crippen LogP) is 0.521. The summed E-state index contributed by atoms with van der Waals surface area (Å²) in [6.45, 7) is 1.43. The van der Waals surface area contributed by atoms with Crippen LogP contribution in [0.1, 0.15) is 6.42 Å². The van der Waals surface area contributed by atoms with Crippen molar-refractivity contribution in [3.8, 4) is 0 Å². The van der Waals surface area contributed by atoms with Gasteiger partial charge in [0.05, 0.1) is 6.33 Å². The number of nitrogens with one attached hydrogen (secondary N) is 2. The van der Waals surface area contributed by atoms with Crippen molar-refractivity contribution in [3.63, 3.8) is 0 Å². The van der Waals surface area contributed by atoms with Gasteiger partial charge in [-0.25, -0.2) is 14.9 Å². The molecule has 0 saturated carbocycles. The second-order valence-electron chi connectivity index (χ2n) is 3.17. The number of H-pyrrole nitrogens is 2. The van der Waals surface area contributed by atoms with E-state index >= 15 is 0 Å². The maximum Gasteiger partial charge on any atom is 0.342 e. The van der Waals surface area contributed by atoms with Gasteiger partial charge in [0.15, 0.2) is 4.77 Å². The van der Waals surface area contributed by atoms with Gasteiger partial charge in [-0.2, -0.15) is 0 Å². The Kier molecular flexibility index (Phi) is 2.82. The number of aromatic amines is 2. The molecule has 6 nitrogen and oxygen atoms in total. The quantitative estimate of drug-likeness (QED) is 0.745. The van der Waals surface area contributed by atoms with E-state index in [9.17, 15) is 4.79 Å². The minimum absolute atomic E-state index is 0.189. The van der Waals surface area contributed by atoms with Crippen molar-refractivity contribution in [2.45, 2.75) is 19.5 Å². The topological polar surface area (TPSA) is 71.4 Å². The van der Waals surface area contributed by atoms with Gasteiger partial charge in [-0.15, -0.1) is 0 Å². The zero-order valence-corrected chi connectivity index (χ0v) is 8.83. The van der Waals surface area contributed by atoms with Crippen LogP contribution in [0.5, 0.6) is 0 Å². The van der Waals surface area contributed by atoms with Gasteiger partial charge in [-0.05, 0) is 18.6 Å². The normalized spacial score (nSPS) is 10.7. The average molecular weight is 225 g/mol. The van der Waals surface area contributed by atoms with Crippen molar-refractivity contribution in [3.05, 3.63) is 34.0 Å². The molecule has 0 amide bonds. The number of aromatic nitrogens is 5. The van der Waals surface area contributed by atoms with Crippen molar-refractivity contribution >= 4 is 12.2 Å². The van der Waals surface area contributed by atoms with Crippen molar-refractivity contribution in [1.82, 2.24) is 24.3 Å². The lowest BCUT2D eigenvalue weighted by Crippen LogP contribution is -2.17. The minimum Gasteiger partial charge on any atom is -0.337 e. The molecule has 0 bridgehead atoms. The standard InChI is InChI=1S/C8H11N5OS/c14-7-10-11-8(15)13(7)4-1-3-12-5-2-9-6-12/h2,5-6H,1,3-4H2,(H,10,14)(H,11,15). The first-order valence-electron chi connectivity index (χ1n) is 4.60. The zero-order chi connectivity index (χ0) is 10.7. The number of rotatable bonds is 4. The summed E-state index contributed by atoms with van der Waals surface area (Å²) >= 11 is 4.94. The molecule has 80 valence electrons. The highest BCUT2D eigenvalue weighted by Crippen LogP contribution is 1.93. The molecule has 2 N–H and O–H groups in total. The minimum atomic E-state index is -0.189. The van der Waals surface area contributed by atoms with E-state index in [1.165, 1.54) is 4.57 Å². The third-order valence-corrected chi connectivity index (χ3v) is 2.45. The summed E-state index contributed by atoms with van der Waals surface area (Å²) in [5, 5.41) is 5.04. The van der Waals surface area contributed by atoms with Crippen LogP contribution in [0.15, 0.2) is 23.5 Å². The lowest BCUT2D eigenvalue weighted by molar-refractivity contribution is 0.550. The van der Waals surface area contributed by atoms with Crippen LogP contribution in [0.3, 0.4) is 0 Å². The lowest BCUT2D eigenvalue weighted by Gasteiger charge is -2.01. The highest BCUT2D eigenvalue weighted by Gasteiger charge is 1.99. The fourth-order valence-corrected chi connectivity index (χ4v) is 1.59. The maximum atomic E-state index is 11.2. The van der Waals surface area contributed by atoms with E-state index in [1.807, 2.05) is 10.8 Å². The smallest absolute Gasteiger partial charge is 0.337 e. The van der Waals surface area contributed by atoms with E-state index < -0.39 is 0 Å². The van der Waals surface area contributed by atoms with Crippen LogP contribution in [0, 0.1) is 4.77 Å². The fraction of sp³-hybridized carbons (Fsp3) is 0.375. The molecule has 0 aliphatic heterocycles. The van der Waals surface area contributed by atoms with E-state index in [2.05, 4.69) is 15.2 Å². The largest absolute Gasteiger partial charge is 0.342 e. The van der Waals surface area contributed by atoms with Gasteiger partial charge in [0, 0.05) is 25.5 Å². The van der Waals surface area contributed by atoms with Crippen LogP contribution in [-0.2, 0) is 13.1 Å². The van der Waals surface area contributed by atoms with Gasteiger partial charge in [-0.3, -0.25) is 9.67 Å². The van der Waals surface area contributed by atoms with Gasteiger partial charge in [-0.1, -0.05) is 0 Å². The summed E-state index contributed by atoms with van der Waals surface area (Å²) in [7, 11) is 0. The molecule has 7 heteroatoms. The summed E-state index contributed by atoms with van der Waals surface area (Å²) in [6.07, 6.45) is 6.21. The third-order valence-electron chi connectivity index (χ3n) is 2.12. The van der Waals surface area contributed by atoms with Gasteiger partial charge in [0.25, 0.3) is 0 Å². The number of nitrogens with zero attached hydrogens (tertiary/aromatic N) is 3. The predicted molar refractivity (Wildman–Crippen MR) is 57.1 cm³/mol. The monoisotopic (exact) mass is 225 g/mol. The van der Waals surface area contributed by atoms with E-state index in [0.717, 1.165) is 13.0 Å². The summed E-state index contributed by atoms with van der Waals surface area (Å²) in [5.41, 5.74) is -0.189. The van der Waals surface area contributed by atoms with E-state index in [4.69, 9.17) is 12.2 Å². The zero-order valence-electron chi connectivity index (χ0n) is 8.01. The first-order chi connectivity index (χ1) is 7.27. The Bertz CT molecular complexity index is 492. The summed E-state index contributed by atoms with van der Waals surface area (Å²) in [4.78, 5) is 15.2. The molecule has 0 radical (unpaired) electrons. The molecule has 0 aliphatic carbocycles. The second-order valence-corrected chi connectivity index (χ2v) is 3.55. The van der Waals surface area contributed by atoms with Crippen LogP contribution < -0.4 is 5.69 Å². The molecule has 15 heavy (non-hydrogen) atoms. The molecular formula is C8H11N5OS. The molecule has 2 rings (SSSR count). The molecule has 0 spiro atoms. The van der Waals surface area contributed by atoms with Gasteiger partial charge < -0.3 is 4.57 Å². The highest BCUT2D eigenvalue weighted by molar-refractivity contribution is 7.71. The first-order valence-corrected chi connectivity index (χ1v) is 5.01. The van der Waals surface area contributed by atoms with Gasteiger partial charge in [0.1, 0.15) is 0 Å². The fourth-order valence-electron chi connectivity index (χ4n) is 1.37. The molecule has 2 aromatic rings. The second kappa shape index (κ2) is 4.26. The Labute approximate surface area is 90.6 Å². The van der Waals surface area contributed by atoms with Crippen LogP contribution in [0.25, 0.3) is 0 Å². The lowest BCUT2D eigenvalue weighted by atomic mass is 10.4. The highest BCUT2D eigenvalue weighted by atomic mass is 32.1. The van der Waals surface area contributed by atoms with Crippen molar-refractivity contribution in [2.75, 3.05) is 0 Å². The molecule has 0 saturated heterocycles. The Balaban J connectivity index is 1.94. The molecule has 0 atom stereocenters. The van der Waals surface area contributed by atoms with E-state index in [-0.39, 0.29) is 5.69 Å². The van der Waals surface area contributed by atoms with Crippen LogP contribution in [0.2, 0.25) is 0 Å². The summed E-state index contributed by atoms with van der Waals surface area (Å²) < 4.78 is 3.90.